The molecule has 0 radical (unpaired) electrons. The first-order valence-corrected chi connectivity index (χ1v) is 11.5. The van der Waals surface area contributed by atoms with Crippen LogP contribution in [0.5, 0.6) is 11.5 Å². The molecule has 2 heterocycles. The maximum Gasteiger partial charge on any atom is 0.159 e. The normalized spacial score (nSPS) is 18.3. The van der Waals surface area contributed by atoms with E-state index >= 15 is 0 Å². The zero-order valence-corrected chi connectivity index (χ0v) is 18.9. The van der Waals surface area contributed by atoms with Gasteiger partial charge < -0.3 is 9.47 Å². The highest BCUT2D eigenvalue weighted by molar-refractivity contribution is 5.95. The minimum atomic E-state index is -0.890. The molecule has 0 spiro atoms. The number of alkyl halides is 1. The molecule has 0 aromatic heterocycles. The predicted molar refractivity (Wildman–Crippen MR) is 126 cm³/mol. The monoisotopic (exact) mass is 465 g/mol. The van der Waals surface area contributed by atoms with E-state index < -0.39 is 17.7 Å². The van der Waals surface area contributed by atoms with Crippen molar-refractivity contribution in [2.24, 2.45) is 5.92 Å². The third-order valence-electron chi connectivity index (χ3n) is 6.54. The van der Waals surface area contributed by atoms with Gasteiger partial charge in [-0.3, -0.25) is 9.29 Å². The summed E-state index contributed by atoms with van der Waals surface area (Å²) in [5, 5.41) is 0. The van der Waals surface area contributed by atoms with Crippen LogP contribution in [0.1, 0.15) is 29.7 Å². The van der Waals surface area contributed by atoms with Crippen molar-refractivity contribution in [2.75, 3.05) is 32.9 Å². The van der Waals surface area contributed by atoms with E-state index in [-0.39, 0.29) is 12.6 Å². The van der Waals surface area contributed by atoms with E-state index in [0.717, 1.165) is 59.5 Å². The highest BCUT2D eigenvalue weighted by atomic mass is 19.2. The minimum absolute atomic E-state index is 0.167. The quantitative estimate of drug-likeness (QED) is 0.408. The minimum Gasteiger partial charge on any atom is -0.492 e. The summed E-state index contributed by atoms with van der Waals surface area (Å²) in [6, 6.07) is 19.3. The summed E-state index contributed by atoms with van der Waals surface area (Å²) in [7, 11) is 0. The lowest BCUT2D eigenvalue weighted by Crippen LogP contribution is -2.49. The Balaban J connectivity index is 1.38. The number of rotatable bonds is 7. The summed E-state index contributed by atoms with van der Waals surface area (Å²) >= 11 is 0. The molecule has 34 heavy (non-hydrogen) atoms. The standard InChI is InChI=1S/C28H26F3NO2/c1-18-23-4-2-3-5-26(23)34-28(27(18)21-8-11-24(30)25(31)14-21)20-6-9-22(10-7-20)33-13-12-32-16-19(15-29)17-32/h2-11,14,19,28H,12-13,15-17H2,1H3. The summed E-state index contributed by atoms with van der Waals surface area (Å²) in [5.74, 6) is -0.120. The van der Waals surface area contributed by atoms with Crippen molar-refractivity contribution >= 4 is 11.1 Å². The van der Waals surface area contributed by atoms with E-state index in [0.29, 0.717) is 12.2 Å². The fourth-order valence-electron chi connectivity index (χ4n) is 4.66. The van der Waals surface area contributed by atoms with E-state index in [2.05, 4.69) is 4.90 Å². The van der Waals surface area contributed by atoms with Gasteiger partial charge in [-0.25, -0.2) is 8.78 Å². The zero-order chi connectivity index (χ0) is 23.7. The van der Waals surface area contributed by atoms with Gasteiger partial charge in [-0.05, 0) is 54.0 Å². The maximum absolute atomic E-state index is 14.1. The Kier molecular flexibility index (Phi) is 6.33. The first-order chi connectivity index (χ1) is 16.5. The van der Waals surface area contributed by atoms with Crippen molar-refractivity contribution in [3.63, 3.8) is 0 Å². The van der Waals surface area contributed by atoms with Crippen molar-refractivity contribution in [1.82, 2.24) is 4.90 Å². The van der Waals surface area contributed by atoms with Gasteiger partial charge in [0.15, 0.2) is 11.6 Å². The molecule has 0 N–H and O–H groups in total. The lowest BCUT2D eigenvalue weighted by atomic mass is 9.86. The summed E-state index contributed by atoms with van der Waals surface area (Å²) in [6.45, 7) is 4.60. The number of allylic oxidation sites excluding steroid dienone is 1. The van der Waals surface area contributed by atoms with Crippen LogP contribution in [0.4, 0.5) is 13.2 Å². The molecular formula is C28H26F3NO2. The van der Waals surface area contributed by atoms with Crippen LogP contribution in [0.15, 0.2) is 66.7 Å². The van der Waals surface area contributed by atoms with Crippen LogP contribution in [0.3, 0.4) is 0 Å². The Labute approximate surface area is 197 Å². The number of likely N-dealkylation sites (tertiary alicyclic amines) is 1. The van der Waals surface area contributed by atoms with E-state index in [1.807, 2.05) is 55.5 Å². The lowest BCUT2D eigenvalue weighted by molar-refractivity contribution is 0.0668. The van der Waals surface area contributed by atoms with Crippen LogP contribution in [0.25, 0.3) is 11.1 Å². The van der Waals surface area contributed by atoms with Crippen LogP contribution < -0.4 is 9.47 Å². The molecule has 2 aliphatic heterocycles. The smallest absolute Gasteiger partial charge is 0.159 e. The number of para-hydroxylation sites is 1. The molecule has 1 atom stereocenters. The van der Waals surface area contributed by atoms with Crippen LogP contribution in [-0.4, -0.2) is 37.8 Å². The molecule has 3 nitrogen and oxygen atoms in total. The Morgan fingerprint density at radius 1 is 0.971 bits per heavy atom. The highest BCUT2D eigenvalue weighted by Gasteiger charge is 2.30. The van der Waals surface area contributed by atoms with Crippen LogP contribution >= 0.6 is 0 Å². The molecule has 1 fully saturated rings. The number of halogens is 3. The topological polar surface area (TPSA) is 21.7 Å². The van der Waals surface area contributed by atoms with Crippen LogP contribution in [0.2, 0.25) is 0 Å². The van der Waals surface area contributed by atoms with Gasteiger partial charge >= 0.3 is 0 Å². The van der Waals surface area contributed by atoms with Gasteiger partial charge in [-0.15, -0.1) is 0 Å². The summed E-state index contributed by atoms with van der Waals surface area (Å²) in [4.78, 5) is 2.17. The van der Waals surface area contributed by atoms with E-state index in [4.69, 9.17) is 9.47 Å². The molecule has 6 heteroatoms. The van der Waals surface area contributed by atoms with E-state index in [1.54, 1.807) is 6.07 Å². The average Bonchev–Trinajstić information content (AvgIpc) is 2.83. The number of ether oxygens (including phenoxy) is 2. The van der Waals surface area contributed by atoms with E-state index in [9.17, 15) is 13.2 Å². The Hall–Kier alpha value is -3.25. The van der Waals surface area contributed by atoms with Gasteiger partial charge in [0.2, 0.25) is 0 Å². The molecule has 3 aromatic rings. The molecule has 0 aliphatic carbocycles. The van der Waals surface area contributed by atoms with Gasteiger partial charge in [0.05, 0.1) is 6.67 Å². The van der Waals surface area contributed by atoms with Gasteiger partial charge in [-0.2, -0.15) is 0 Å². The molecule has 3 aromatic carbocycles. The molecule has 176 valence electrons. The van der Waals surface area contributed by atoms with Crippen LogP contribution in [-0.2, 0) is 0 Å². The van der Waals surface area contributed by atoms with Gasteiger partial charge in [0.1, 0.15) is 24.2 Å². The first-order valence-electron chi connectivity index (χ1n) is 11.5. The SMILES string of the molecule is CC1=C(c2ccc(F)c(F)c2)C(c2ccc(OCCN3CC(CF)C3)cc2)Oc2ccccc21. The molecular weight excluding hydrogens is 439 g/mol. The third kappa shape index (κ3) is 4.42. The van der Waals surface area contributed by atoms with Gasteiger partial charge in [0.25, 0.3) is 0 Å². The fraction of sp³-hybridized carbons (Fsp3) is 0.286. The molecule has 0 amide bonds. The predicted octanol–water partition coefficient (Wildman–Crippen LogP) is 6.31. The fourth-order valence-corrected chi connectivity index (χ4v) is 4.66. The average molecular weight is 466 g/mol. The van der Waals surface area contributed by atoms with Crippen molar-refractivity contribution in [1.29, 1.82) is 0 Å². The highest BCUT2D eigenvalue weighted by Crippen LogP contribution is 2.46. The Morgan fingerprint density at radius 2 is 1.74 bits per heavy atom. The summed E-state index contributed by atoms with van der Waals surface area (Å²) in [6.07, 6.45) is -0.479. The second-order valence-electron chi connectivity index (χ2n) is 8.86. The Morgan fingerprint density at radius 3 is 2.47 bits per heavy atom. The molecule has 0 saturated carbocycles. The molecule has 1 unspecified atom stereocenters. The zero-order valence-electron chi connectivity index (χ0n) is 18.9. The summed E-state index contributed by atoms with van der Waals surface area (Å²) < 4.78 is 52.5. The van der Waals surface area contributed by atoms with Crippen molar-refractivity contribution in [3.05, 3.63) is 95.1 Å². The number of hydrogen-bond donors (Lipinski definition) is 0. The second kappa shape index (κ2) is 9.55. The first kappa shape index (κ1) is 22.5. The number of nitrogens with zero attached hydrogens (tertiary/aromatic N) is 1. The maximum atomic E-state index is 14.1. The second-order valence-corrected chi connectivity index (χ2v) is 8.86. The van der Waals surface area contributed by atoms with Crippen molar-refractivity contribution in [2.45, 2.75) is 13.0 Å². The molecule has 5 rings (SSSR count). The summed E-state index contributed by atoms with van der Waals surface area (Å²) in [5.41, 5.74) is 4.15. The lowest BCUT2D eigenvalue weighted by Gasteiger charge is -2.37. The van der Waals surface area contributed by atoms with Crippen LogP contribution in [0, 0.1) is 17.6 Å². The number of benzene rings is 3. The molecule has 0 bridgehead atoms. The molecule has 1 saturated heterocycles. The number of hydrogen-bond acceptors (Lipinski definition) is 3. The van der Waals surface area contributed by atoms with Gasteiger partial charge in [0, 0.05) is 36.7 Å². The van der Waals surface area contributed by atoms with Gasteiger partial charge in [-0.1, -0.05) is 36.4 Å². The van der Waals surface area contributed by atoms with Crippen molar-refractivity contribution in [3.8, 4) is 11.5 Å². The third-order valence-corrected chi connectivity index (χ3v) is 6.54. The number of fused-ring (bicyclic) bond motifs is 1. The van der Waals surface area contributed by atoms with E-state index in [1.165, 1.54) is 6.07 Å². The largest absolute Gasteiger partial charge is 0.492 e. The van der Waals surface area contributed by atoms with Crippen molar-refractivity contribution < 1.29 is 22.6 Å². The Bertz CT molecular complexity index is 1200. The molecule has 2 aliphatic rings.